The van der Waals surface area contributed by atoms with E-state index in [1.54, 1.807) is 0 Å². The number of aliphatic hydroxyl groups is 1. The van der Waals surface area contributed by atoms with Gasteiger partial charge < -0.3 is 14.7 Å². The molecule has 86 valence electrons. The Morgan fingerprint density at radius 2 is 2.31 bits per heavy atom. The molecule has 0 amide bonds. The number of carboxylic acid groups (broad SMARTS) is 1. The van der Waals surface area contributed by atoms with Gasteiger partial charge >= 0.3 is 5.97 Å². The van der Waals surface area contributed by atoms with Gasteiger partial charge in [0.05, 0.1) is 17.7 Å². The molecule has 0 radical (unpaired) electrons. The topological polar surface area (TPSA) is 83.6 Å². The Kier molecular flexibility index (Phi) is 1.89. The highest BCUT2D eigenvalue weighted by Crippen LogP contribution is 2.49. The van der Waals surface area contributed by atoms with Crippen molar-refractivity contribution < 1.29 is 19.5 Å². The summed E-state index contributed by atoms with van der Waals surface area (Å²) >= 11 is 0. The molecule has 1 saturated carbocycles. The Morgan fingerprint density at radius 3 is 2.94 bits per heavy atom. The van der Waals surface area contributed by atoms with Crippen LogP contribution in [-0.4, -0.2) is 21.3 Å². The predicted octanol–water partition coefficient (Wildman–Crippen LogP) is 1.16. The monoisotopic (exact) mass is 223 g/mol. The average Bonchev–Trinajstić information content (AvgIpc) is 2.86. The summed E-state index contributed by atoms with van der Waals surface area (Å²) in [6.07, 6.45) is 2.86. The smallest absolute Gasteiger partial charge is 0.306 e. The molecule has 1 aromatic heterocycles. The molecule has 0 spiro atoms. The van der Waals surface area contributed by atoms with Crippen molar-refractivity contribution in [2.75, 3.05) is 0 Å². The first kappa shape index (κ1) is 9.84. The van der Waals surface area contributed by atoms with Crippen molar-refractivity contribution >= 4 is 5.97 Å². The minimum absolute atomic E-state index is 0.263. The summed E-state index contributed by atoms with van der Waals surface area (Å²) in [5.74, 6) is 0.0508. The van der Waals surface area contributed by atoms with Crippen LogP contribution in [0.5, 0.6) is 0 Å². The summed E-state index contributed by atoms with van der Waals surface area (Å²) < 4.78 is 5.18. The molecule has 1 unspecified atom stereocenters. The molecule has 1 aromatic rings. The molecule has 1 heterocycles. The van der Waals surface area contributed by atoms with Crippen LogP contribution in [0.4, 0.5) is 0 Å². The van der Waals surface area contributed by atoms with E-state index in [0.29, 0.717) is 30.1 Å². The number of carbonyl (C=O) groups is 1. The van der Waals surface area contributed by atoms with Gasteiger partial charge in [-0.1, -0.05) is 5.16 Å². The molecule has 1 atom stereocenters. The van der Waals surface area contributed by atoms with E-state index in [0.717, 1.165) is 18.5 Å². The van der Waals surface area contributed by atoms with E-state index in [1.165, 1.54) is 0 Å². The van der Waals surface area contributed by atoms with E-state index in [-0.39, 0.29) is 6.42 Å². The van der Waals surface area contributed by atoms with Crippen LogP contribution >= 0.6 is 0 Å². The van der Waals surface area contributed by atoms with Crippen LogP contribution in [0.25, 0.3) is 0 Å². The molecule has 5 nitrogen and oxygen atoms in total. The molecule has 0 bridgehead atoms. The number of aliphatic carboxylic acids is 1. The number of rotatable bonds is 3. The first-order valence-electron chi connectivity index (χ1n) is 5.53. The standard InChI is InChI=1S/C11H13NO4/c13-8(14)5-11(15)4-3-7-9(11)10(12-16-7)6-1-2-6/h6,15H,1-5H2,(H,13,14). The van der Waals surface area contributed by atoms with E-state index >= 15 is 0 Å². The van der Waals surface area contributed by atoms with E-state index < -0.39 is 11.6 Å². The van der Waals surface area contributed by atoms with Gasteiger partial charge in [0.15, 0.2) is 0 Å². The van der Waals surface area contributed by atoms with Crippen LogP contribution in [0.1, 0.15) is 48.6 Å². The molecule has 0 aliphatic heterocycles. The van der Waals surface area contributed by atoms with Gasteiger partial charge in [-0.05, 0) is 19.3 Å². The highest BCUT2D eigenvalue weighted by atomic mass is 16.5. The third kappa shape index (κ3) is 1.35. The molecule has 0 aromatic carbocycles. The van der Waals surface area contributed by atoms with Gasteiger partial charge in [-0.25, -0.2) is 0 Å². The molecule has 16 heavy (non-hydrogen) atoms. The molecule has 1 fully saturated rings. The maximum atomic E-state index is 10.8. The Hall–Kier alpha value is -1.36. The summed E-state index contributed by atoms with van der Waals surface area (Å²) in [6, 6.07) is 0. The molecule has 2 aliphatic carbocycles. The highest BCUT2D eigenvalue weighted by Gasteiger charge is 2.46. The second-order valence-corrected chi connectivity index (χ2v) is 4.74. The summed E-state index contributed by atoms with van der Waals surface area (Å²) in [5, 5.41) is 23.2. The second kappa shape index (κ2) is 3.07. The van der Waals surface area contributed by atoms with Crippen molar-refractivity contribution in [2.45, 2.75) is 43.6 Å². The number of nitrogens with zero attached hydrogens (tertiary/aromatic N) is 1. The first-order chi connectivity index (χ1) is 7.60. The lowest BCUT2D eigenvalue weighted by atomic mass is 9.91. The summed E-state index contributed by atoms with van der Waals surface area (Å²) in [5.41, 5.74) is 0.188. The number of hydrogen-bond donors (Lipinski definition) is 2. The van der Waals surface area contributed by atoms with Gasteiger partial charge in [-0.2, -0.15) is 0 Å². The molecular formula is C11H13NO4. The number of fused-ring (bicyclic) bond motifs is 1. The van der Waals surface area contributed by atoms with E-state index in [9.17, 15) is 9.90 Å². The summed E-state index contributed by atoms with van der Waals surface area (Å²) in [7, 11) is 0. The number of hydrogen-bond acceptors (Lipinski definition) is 4. The first-order valence-corrected chi connectivity index (χ1v) is 5.53. The minimum atomic E-state index is -1.26. The van der Waals surface area contributed by atoms with Gasteiger partial charge in [-0.3, -0.25) is 4.79 Å². The van der Waals surface area contributed by atoms with Crippen LogP contribution in [-0.2, 0) is 16.8 Å². The van der Waals surface area contributed by atoms with Crippen molar-refractivity contribution in [3.8, 4) is 0 Å². The van der Waals surface area contributed by atoms with Gasteiger partial charge in [0.25, 0.3) is 0 Å². The van der Waals surface area contributed by atoms with Crippen molar-refractivity contribution in [3.05, 3.63) is 17.0 Å². The zero-order valence-corrected chi connectivity index (χ0v) is 8.77. The molecule has 2 aliphatic rings. The average molecular weight is 223 g/mol. The van der Waals surface area contributed by atoms with Crippen molar-refractivity contribution in [3.63, 3.8) is 0 Å². The Bertz CT molecular complexity index is 449. The van der Waals surface area contributed by atoms with Crippen LogP contribution < -0.4 is 0 Å². The van der Waals surface area contributed by atoms with E-state index in [1.807, 2.05) is 0 Å². The van der Waals surface area contributed by atoms with E-state index in [2.05, 4.69) is 5.16 Å². The quantitative estimate of drug-likeness (QED) is 0.803. The minimum Gasteiger partial charge on any atom is -0.481 e. The Labute approximate surface area is 92.1 Å². The number of carboxylic acids is 1. The van der Waals surface area contributed by atoms with Gasteiger partial charge in [0.2, 0.25) is 0 Å². The van der Waals surface area contributed by atoms with Gasteiger partial charge in [0, 0.05) is 12.3 Å². The summed E-state index contributed by atoms with van der Waals surface area (Å²) in [4.78, 5) is 10.8. The molecule has 0 saturated heterocycles. The van der Waals surface area contributed by atoms with E-state index in [4.69, 9.17) is 9.63 Å². The maximum absolute atomic E-state index is 10.8. The fraction of sp³-hybridized carbons (Fsp3) is 0.636. The van der Waals surface area contributed by atoms with Gasteiger partial charge in [0.1, 0.15) is 11.4 Å². The second-order valence-electron chi connectivity index (χ2n) is 4.74. The predicted molar refractivity (Wildman–Crippen MR) is 52.9 cm³/mol. The molecular weight excluding hydrogens is 210 g/mol. The molecule has 2 N–H and O–H groups in total. The zero-order valence-electron chi connectivity index (χ0n) is 8.77. The Balaban J connectivity index is 2.01. The highest BCUT2D eigenvalue weighted by molar-refractivity contribution is 5.69. The van der Waals surface area contributed by atoms with Crippen molar-refractivity contribution in [1.29, 1.82) is 0 Å². The van der Waals surface area contributed by atoms with Crippen LogP contribution in [0.15, 0.2) is 4.52 Å². The largest absolute Gasteiger partial charge is 0.481 e. The van der Waals surface area contributed by atoms with Crippen molar-refractivity contribution in [2.24, 2.45) is 0 Å². The lowest BCUT2D eigenvalue weighted by molar-refractivity contribution is -0.142. The fourth-order valence-electron chi connectivity index (χ4n) is 2.51. The zero-order chi connectivity index (χ0) is 11.3. The van der Waals surface area contributed by atoms with Crippen molar-refractivity contribution in [1.82, 2.24) is 5.16 Å². The number of aromatic nitrogens is 1. The maximum Gasteiger partial charge on any atom is 0.306 e. The normalized spacial score (nSPS) is 28.1. The lowest BCUT2D eigenvalue weighted by Crippen LogP contribution is -2.27. The number of aryl methyl sites for hydroxylation is 1. The van der Waals surface area contributed by atoms with Crippen LogP contribution in [0.3, 0.4) is 0 Å². The van der Waals surface area contributed by atoms with Gasteiger partial charge in [-0.15, -0.1) is 0 Å². The van der Waals surface area contributed by atoms with Crippen LogP contribution in [0.2, 0.25) is 0 Å². The summed E-state index contributed by atoms with van der Waals surface area (Å²) in [6.45, 7) is 0. The SMILES string of the molecule is O=C(O)CC1(O)CCc2onc(C3CC3)c21. The third-order valence-electron chi connectivity index (χ3n) is 3.43. The fourth-order valence-corrected chi connectivity index (χ4v) is 2.51. The molecule has 3 rings (SSSR count). The Morgan fingerprint density at radius 1 is 1.56 bits per heavy atom. The molecule has 5 heteroatoms. The lowest BCUT2D eigenvalue weighted by Gasteiger charge is -2.20. The third-order valence-corrected chi connectivity index (χ3v) is 3.43. The van der Waals surface area contributed by atoms with Crippen LogP contribution in [0, 0.1) is 0 Å².